The molecule has 1 saturated heterocycles. The van der Waals surface area contributed by atoms with Crippen molar-refractivity contribution in [2.45, 2.75) is 11.7 Å². The van der Waals surface area contributed by atoms with Crippen LogP contribution in [-0.2, 0) is 4.79 Å². The first-order valence-corrected chi connectivity index (χ1v) is 9.79. The molecule has 3 aromatic rings. The predicted molar refractivity (Wildman–Crippen MR) is 113 cm³/mol. The molecule has 1 aliphatic heterocycles. The number of H-pyrrole nitrogens is 1. The molecule has 0 saturated carbocycles. The maximum absolute atomic E-state index is 12.3. The molecular formula is C20H15ClN4O2S. The molecular weight excluding hydrogens is 396 g/mol. The summed E-state index contributed by atoms with van der Waals surface area (Å²) in [4.78, 5) is 27.6. The Balaban J connectivity index is 1.41. The zero-order valence-electron chi connectivity index (χ0n) is 14.6. The number of fused-ring (bicyclic) bond motifs is 1. The molecule has 2 aromatic carbocycles. The van der Waals surface area contributed by atoms with Crippen LogP contribution in [0.4, 0.5) is 0 Å². The van der Waals surface area contributed by atoms with E-state index in [1.54, 1.807) is 30.5 Å². The number of aromatic amines is 1. The molecule has 0 aliphatic carbocycles. The van der Waals surface area contributed by atoms with Crippen molar-refractivity contribution >= 4 is 57.3 Å². The van der Waals surface area contributed by atoms with Gasteiger partial charge in [0.25, 0.3) is 0 Å². The van der Waals surface area contributed by atoms with Crippen LogP contribution >= 0.6 is 23.4 Å². The number of carbonyl (C=O) groups excluding carboxylic acids is 2. The predicted octanol–water partition coefficient (Wildman–Crippen LogP) is 4.02. The topological polar surface area (TPSA) is 86.7 Å². The van der Waals surface area contributed by atoms with Crippen LogP contribution < -0.4 is 5.32 Å². The molecule has 1 atom stereocenters. The van der Waals surface area contributed by atoms with Gasteiger partial charge in [-0.25, -0.2) is 0 Å². The average molecular weight is 411 g/mol. The van der Waals surface area contributed by atoms with Crippen LogP contribution in [0.3, 0.4) is 0 Å². The number of hydrogen-bond acceptors (Lipinski definition) is 5. The fraction of sp³-hybridized carbons (Fsp3) is 0.100. The van der Waals surface area contributed by atoms with E-state index < -0.39 is 5.25 Å². The van der Waals surface area contributed by atoms with Gasteiger partial charge in [0.15, 0.2) is 11.0 Å². The third kappa shape index (κ3) is 4.00. The van der Waals surface area contributed by atoms with Gasteiger partial charge in [0, 0.05) is 39.7 Å². The number of aromatic nitrogens is 1. The van der Waals surface area contributed by atoms with Gasteiger partial charge < -0.3 is 10.3 Å². The molecule has 140 valence electrons. The van der Waals surface area contributed by atoms with E-state index in [0.29, 0.717) is 15.8 Å². The summed E-state index contributed by atoms with van der Waals surface area (Å²) >= 11 is 7.04. The summed E-state index contributed by atoms with van der Waals surface area (Å²) < 4.78 is 0. The Hall–Kier alpha value is -2.90. The minimum absolute atomic E-state index is 0.0866. The lowest BCUT2D eigenvalue weighted by Gasteiger charge is -2.04. The first-order valence-electron chi connectivity index (χ1n) is 8.53. The number of benzene rings is 2. The van der Waals surface area contributed by atoms with Gasteiger partial charge in [-0.15, -0.1) is 5.10 Å². The summed E-state index contributed by atoms with van der Waals surface area (Å²) in [6, 6.07) is 14.5. The molecule has 1 aromatic heterocycles. The van der Waals surface area contributed by atoms with E-state index in [-0.39, 0.29) is 18.1 Å². The highest BCUT2D eigenvalue weighted by molar-refractivity contribution is 8.15. The van der Waals surface area contributed by atoms with E-state index in [9.17, 15) is 9.59 Å². The van der Waals surface area contributed by atoms with Crippen molar-refractivity contribution < 1.29 is 9.59 Å². The highest BCUT2D eigenvalue weighted by atomic mass is 35.5. The summed E-state index contributed by atoms with van der Waals surface area (Å²) in [5.41, 5.74) is 2.45. The van der Waals surface area contributed by atoms with Gasteiger partial charge in [-0.1, -0.05) is 41.6 Å². The molecule has 8 heteroatoms. The van der Waals surface area contributed by atoms with Crippen LogP contribution in [0.25, 0.3) is 10.9 Å². The summed E-state index contributed by atoms with van der Waals surface area (Å²) in [6.45, 7) is 0. The molecule has 6 nitrogen and oxygen atoms in total. The molecule has 0 spiro atoms. The van der Waals surface area contributed by atoms with Crippen LogP contribution in [0.5, 0.6) is 0 Å². The number of amidine groups is 1. The molecule has 2 N–H and O–H groups in total. The number of para-hydroxylation sites is 1. The second-order valence-electron chi connectivity index (χ2n) is 6.17. The lowest BCUT2D eigenvalue weighted by atomic mass is 10.1. The smallest absolute Gasteiger partial charge is 0.240 e. The van der Waals surface area contributed by atoms with Crippen molar-refractivity contribution in [1.29, 1.82) is 0 Å². The van der Waals surface area contributed by atoms with E-state index in [0.717, 1.165) is 16.5 Å². The standard InChI is InChI=1S/C20H15ClN4O2S/c21-14-7-5-12(6-8-14)17(26)9-18-19(27)24-20(28-18)25-23-11-13-10-22-16-4-2-1-3-15(13)16/h1-8,10-11,18,22H,9H2,(H,24,25,27). The lowest BCUT2D eigenvalue weighted by Crippen LogP contribution is -2.26. The molecule has 1 fully saturated rings. The minimum Gasteiger partial charge on any atom is -0.361 e. The number of thioether (sulfide) groups is 1. The zero-order valence-corrected chi connectivity index (χ0v) is 16.1. The van der Waals surface area contributed by atoms with Gasteiger partial charge in [0.2, 0.25) is 5.91 Å². The first kappa shape index (κ1) is 18.5. The Labute approximate surface area is 170 Å². The largest absolute Gasteiger partial charge is 0.361 e. The number of rotatable bonds is 5. The highest BCUT2D eigenvalue weighted by Crippen LogP contribution is 2.24. The fourth-order valence-corrected chi connectivity index (χ4v) is 3.90. The number of nitrogens with one attached hydrogen (secondary N) is 2. The first-order chi connectivity index (χ1) is 13.6. The summed E-state index contributed by atoms with van der Waals surface area (Å²) in [6.07, 6.45) is 3.57. The molecule has 1 unspecified atom stereocenters. The number of ketones is 1. The Bertz CT molecular complexity index is 1100. The van der Waals surface area contributed by atoms with Crippen molar-refractivity contribution in [3.8, 4) is 0 Å². The summed E-state index contributed by atoms with van der Waals surface area (Å²) in [5, 5.41) is 12.3. The second kappa shape index (κ2) is 8.00. The van der Waals surface area contributed by atoms with E-state index in [1.807, 2.05) is 30.5 Å². The van der Waals surface area contributed by atoms with Crippen molar-refractivity contribution in [1.82, 2.24) is 10.3 Å². The molecule has 2 heterocycles. The Kier molecular flexibility index (Phi) is 5.27. The molecule has 0 radical (unpaired) electrons. The molecule has 1 amide bonds. The van der Waals surface area contributed by atoms with E-state index in [2.05, 4.69) is 20.5 Å². The van der Waals surface area contributed by atoms with Gasteiger partial charge in [-0.3, -0.25) is 9.59 Å². The van der Waals surface area contributed by atoms with Crippen LogP contribution in [0.1, 0.15) is 22.3 Å². The minimum atomic E-state index is -0.523. The zero-order chi connectivity index (χ0) is 19.5. The SMILES string of the molecule is O=C(CC1SC(=NN=Cc2c[nH]c3ccccc23)NC1=O)c1ccc(Cl)cc1. The third-order valence-electron chi connectivity index (χ3n) is 4.28. The number of nitrogens with zero attached hydrogens (tertiary/aromatic N) is 2. The number of carbonyl (C=O) groups is 2. The maximum atomic E-state index is 12.3. The summed E-state index contributed by atoms with van der Waals surface area (Å²) in [5.74, 6) is -0.360. The van der Waals surface area contributed by atoms with Crippen molar-refractivity contribution in [3.63, 3.8) is 0 Å². The second-order valence-corrected chi connectivity index (χ2v) is 7.80. The van der Waals surface area contributed by atoms with Crippen LogP contribution in [0, 0.1) is 0 Å². The maximum Gasteiger partial charge on any atom is 0.240 e. The normalized spacial score (nSPS) is 18.2. The van der Waals surface area contributed by atoms with Crippen molar-refractivity contribution in [2.75, 3.05) is 0 Å². The lowest BCUT2D eigenvalue weighted by molar-refractivity contribution is -0.118. The monoisotopic (exact) mass is 410 g/mol. The third-order valence-corrected chi connectivity index (χ3v) is 5.60. The number of halogens is 1. The molecule has 1 aliphatic rings. The van der Waals surface area contributed by atoms with Gasteiger partial charge in [-0.2, -0.15) is 5.10 Å². The average Bonchev–Trinajstić information content (AvgIpc) is 3.26. The van der Waals surface area contributed by atoms with Crippen LogP contribution in [-0.4, -0.2) is 33.3 Å². The van der Waals surface area contributed by atoms with Gasteiger partial charge in [0.1, 0.15) is 0 Å². The number of Topliss-reactive ketones (excluding diaryl/α,β-unsaturated/α-hetero) is 1. The molecule has 0 bridgehead atoms. The number of hydrogen-bond donors (Lipinski definition) is 2. The highest BCUT2D eigenvalue weighted by Gasteiger charge is 2.32. The Morgan fingerprint density at radius 2 is 1.96 bits per heavy atom. The molecule has 28 heavy (non-hydrogen) atoms. The fourth-order valence-electron chi connectivity index (χ4n) is 2.85. The van der Waals surface area contributed by atoms with Crippen molar-refractivity contribution in [3.05, 3.63) is 70.9 Å². The van der Waals surface area contributed by atoms with Gasteiger partial charge >= 0.3 is 0 Å². The van der Waals surface area contributed by atoms with E-state index in [1.165, 1.54) is 11.8 Å². The Morgan fingerprint density at radius 3 is 2.79 bits per heavy atom. The van der Waals surface area contributed by atoms with Gasteiger partial charge in [0.05, 0.1) is 11.5 Å². The van der Waals surface area contributed by atoms with Gasteiger partial charge in [-0.05, 0) is 30.3 Å². The van der Waals surface area contributed by atoms with E-state index in [4.69, 9.17) is 11.6 Å². The Morgan fingerprint density at radius 1 is 1.18 bits per heavy atom. The van der Waals surface area contributed by atoms with Crippen LogP contribution in [0.2, 0.25) is 5.02 Å². The number of amides is 1. The van der Waals surface area contributed by atoms with Crippen molar-refractivity contribution in [2.24, 2.45) is 10.2 Å². The summed E-state index contributed by atoms with van der Waals surface area (Å²) in [7, 11) is 0. The van der Waals surface area contributed by atoms with Crippen LogP contribution in [0.15, 0.2) is 64.9 Å². The molecule has 4 rings (SSSR count). The van der Waals surface area contributed by atoms with E-state index >= 15 is 0 Å². The quantitative estimate of drug-likeness (QED) is 0.378.